The van der Waals surface area contributed by atoms with Crippen LogP contribution in [0, 0.1) is 13.8 Å². The molecule has 0 N–H and O–H groups in total. The molecule has 0 amide bonds. The van der Waals surface area contributed by atoms with Crippen molar-refractivity contribution in [3.63, 3.8) is 0 Å². The topological polar surface area (TPSA) is 31.4 Å². The van der Waals surface area contributed by atoms with E-state index in [0.29, 0.717) is 13.4 Å². The van der Waals surface area contributed by atoms with Gasteiger partial charge in [-0.2, -0.15) is 0 Å². The fourth-order valence-corrected chi connectivity index (χ4v) is 1.44. The lowest BCUT2D eigenvalue weighted by Crippen LogP contribution is -2.14. The van der Waals surface area contributed by atoms with Crippen LogP contribution in [-0.2, 0) is 11.3 Å². The molecule has 0 aromatic carbocycles. The molecule has 0 spiro atoms. The van der Waals surface area contributed by atoms with Crippen LogP contribution in [0.3, 0.4) is 0 Å². The summed E-state index contributed by atoms with van der Waals surface area (Å²) in [6.07, 6.45) is 0. The summed E-state index contributed by atoms with van der Waals surface area (Å²) in [4.78, 5) is 4.32. The molecule has 3 nitrogen and oxygen atoms in total. The maximum absolute atomic E-state index is 5.32. The third-order valence-corrected chi connectivity index (χ3v) is 1.88. The molecule has 0 saturated carbocycles. The van der Waals surface area contributed by atoms with Crippen LogP contribution in [0.15, 0.2) is 6.07 Å². The van der Waals surface area contributed by atoms with E-state index < -0.39 is 0 Å². The van der Waals surface area contributed by atoms with Crippen LogP contribution in [0.2, 0.25) is 0 Å². The van der Waals surface area contributed by atoms with Gasteiger partial charge in [0.1, 0.15) is 11.4 Å². The van der Waals surface area contributed by atoms with Gasteiger partial charge in [0.25, 0.3) is 0 Å². The molecule has 0 atom stereocenters. The molecular weight excluding hydrogens is 154 g/mol. The highest BCUT2D eigenvalue weighted by atomic mass is 16.7. The van der Waals surface area contributed by atoms with Gasteiger partial charge >= 0.3 is 0 Å². The van der Waals surface area contributed by atoms with Gasteiger partial charge in [-0.25, -0.2) is 0 Å². The highest BCUT2D eigenvalue weighted by Gasteiger charge is 2.14. The van der Waals surface area contributed by atoms with E-state index in [2.05, 4.69) is 4.98 Å². The fraction of sp³-hybridized carbons (Fsp3) is 0.444. The molecule has 0 saturated heterocycles. The zero-order valence-electron chi connectivity index (χ0n) is 7.26. The Kier molecular flexibility index (Phi) is 1.73. The first-order valence-electron chi connectivity index (χ1n) is 3.95. The number of ether oxygens (including phenoxy) is 2. The maximum Gasteiger partial charge on any atom is 0.189 e. The van der Waals surface area contributed by atoms with Crippen molar-refractivity contribution in [3.8, 4) is 5.75 Å². The lowest BCUT2D eigenvalue weighted by atomic mass is 10.2. The van der Waals surface area contributed by atoms with Crippen molar-refractivity contribution in [3.05, 3.63) is 23.0 Å². The molecule has 0 bridgehead atoms. The van der Waals surface area contributed by atoms with Gasteiger partial charge in [-0.15, -0.1) is 0 Å². The Hall–Kier alpha value is -1.09. The standard InChI is InChI=1S/C9H11NO2/c1-6-3-7(2)10-8-4-11-5-12-9(6)8/h3H,4-5H2,1-2H3. The smallest absolute Gasteiger partial charge is 0.189 e. The average molecular weight is 165 g/mol. The summed E-state index contributed by atoms with van der Waals surface area (Å²) >= 11 is 0. The second kappa shape index (κ2) is 2.75. The van der Waals surface area contributed by atoms with Gasteiger partial charge in [-0.1, -0.05) is 0 Å². The predicted octanol–water partition coefficient (Wildman–Crippen LogP) is 1.56. The molecule has 0 fully saturated rings. The summed E-state index contributed by atoms with van der Waals surface area (Å²) in [7, 11) is 0. The summed E-state index contributed by atoms with van der Waals surface area (Å²) in [5.41, 5.74) is 3.07. The molecule has 2 heterocycles. The molecule has 1 aliphatic heterocycles. The van der Waals surface area contributed by atoms with Crippen LogP contribution in [0.1, 0.15) is 17.0 Å². The van der Waals surface area contributed by atoms with Crippen molar-refractivity contribution in [1.82, 2.24) is 4.98 Å². The van der Waals surface area contributed by atoms with Crippen molar-refractivity contribution < 1.29 is 9.47 Å². The first-order valence-corrected chi connectivity index (χ1v) is 3.95. The van der Waals surface area contributed by atoms with Crippen molar-refractivity contribution in [2.45, 2.75) is 20.5 Å². The van der Waals surface area contributed by atoms with E-state index in [-0.39, 0.29) is 0 Å². The van der Waals surface area contributed by atoms with Crippen molar-refractivity contribution in [2.24, 2.45) is 0 Å². The van der Waals surface area contributed by atoms with Crippen LogP contribution in [-0.4, -0.2) is 11.8 Å². The summed E-state index contributed by atoms with van der Waals surface area (Å²) in [5, 5.41) is 0. The number of nitrogens with zero attached hydrogens (tertiary/aromatic N) is 1. The maximum atomic E-state index is 5.32. The van der Waals surface area contributed by atoms with E-state index >= 15 is 0 Å². The predicted molar refractivity (Wildman–Crippen MR) is 44.0 cm³/mol. The Morgan fingerprint density at radius 3 is 3.08 bits per heavy atom. The Morgan fingerprint density at radius 2 is 2.25 bits per heavy atom. The molecule has 12 heavy (non-hydrogen) atoms. The van der Waals surface area contributed by atoms with Gasteiger partial charge in [0.15, 0.2) is 6.79 Å². The lowest BCUT2D eigenvalue weighted by molar-refractivity contribution is -0.0194. The van der Waals surface area contributed by atoms with Gasteiger partial charge < -0.3 is 9.47 Å². The Morgan fingerprint density at radius 1 is 1.42 bits per heavy atom. The molecule has 0 aliphatic carbocycles. The van der Waals surface area contributed by atoms with E-state index in [1.165, 1.54) is 0 Å². The first-order chi connectivity index (χ1) is 5.77. The molecule has 0 radical (unpaired) electrons. The Bertz CT molecular complexity index is 310. The van der Waals surface area contributed by atoms with E-state index in [1.807, 2.05) is 19.9 Å². The third kappa shape index (κ3) is 1.16. The Balaban J connectivity index is 2.53. The zero-order chi connectivity index (χ0) is 8.55. The molecule has 1 aliphatic rings. The summed E-state index contributed by atoms with van der Waals surface area (Å²) in [5.74, 6) is 0.895. The number of aryl methyl sites for hydroxylation is 2. The number of rotatable bonds is 0. The molecule has 64 valence electrons. The second-order valence-corrected chi connectivity index (χ2v) is 2.97. The minimum atomic E-state index is 0.346. The summed E-state index contributed by atoms with van der Waals surface area (Å²) < 4.78 is 10.4. The summed E-state index contributed by atoms with van der Waals surface area (Å²) in [6, 6.07) is 2.02. The van der Waals surface area contributed by atoms with Gasteiger partial charge in [-0.05, 0) is 25.5 Å². The molecule has 0 unspecified atom stereocenters. The molecule has 3 heteroatoms. The second-order valence-electron chi connectivity index (χ2n) is 2.97. The van der Waals surface area contributed by atoms with Crippen molar-refractivity contribution >= 4 is 0 Å². The van der Waals surface area contributed by atoms with E-state index in [1.54, 1.807) is 0 Å². The zero-order valence-corrected chi connectivity index (χ0v) is 7.26. The largest absolute Gasteiger partial charge is 0.465 e. The number of fused-ring (bicyclic) bond motifs is 1. The van der Waals surface area contributed by atoms with E-state index in [9.17, 15) is 0 Å². The fourth-order valence-electron chi connectivity index (χ4n) is 1.44. The van der Waals surface area contributed by atoms with Gasteiger partial charge in [0.2, 0.25) is 0 Å². The van der Waals surface area contributed by atoms with Gasteiger partial charge in [-0.3, -0.25) is 4.98 Å². The van der Waals surface area contributed by atoms with Gasteiger partial charge in [0, 0.05) is 5.69 Å². The van der Waals surface area contributed by atoms with Gasteiger partial charge in [0.05, 0.1) is 6.61 Å². The van der Waals surface area contributed by atoms with Crippen LogP contribution in [0.4, 0.5) is 0 Å². The van der Waals surface area contributed by atoms with Crippen LogP contribution in [0.5, 0.6) is 5.75 Å². The molecule has 1 aromatic rings. The number of hydrogen-bond acceptors (Lipinski definition) is 3. The highest BCUT2D eigenvalue weighted by molar-refractivity contribution is 5.38. The highest BCUT2D eigenvalue weighted by Crippen LogP contribution is 2.26. The van der Waals surface area contributed by atoms with Crippen molar-refractivity contribution in [2.75, 3.05) is 6.79 Å². The minimum absolute atomic E-state index is 0.346. The van der Waals surface area contributed by atoms with Crippen LogP contribution >= 0.6 is 0 Å². The normalized spacial score (nSPS) is 15.2. The van der Waals surface area contributed by atoms with E-state index in [4.69, 9.17) is 9.47 Å². The number of aromatic nitrogens is 1. The third-order valence-electron chi connectivity index (χ3n) is 1.88. The monoisotopic (exact) mass is 165 g/mol. The Labute approximate surface area is 71.3 Å². The van der Waals surface area contributed by atoms with Crippen LogP contribution in [0.25, 0.3) is 0 Å². The minimum Gasteiger partial charge on any atom is -0.465 e. The number of pyridine rings is 1. The van der Waals surface area contributed by atoms with E-state index in [0.717, 1.165) is 22.7 Å². The number of hydrogen-bond donors (Lipinski definition) is 0. The summed E-state index contributed by atoms with van der Waals surface area (Å²) in [6.45, 7) is 4.91. The SMILES string of the molecule is Cc1cc(C)c2c(n1)COCO2. The molecule has 2 rings (SSSR count). The lowest BCUT2D eigenvalue weighted by Gasteiger charge is -2.18. The molecular formula is C9H11NO2. The average Bonchev–Trinajstić information content (AvgIpc) is 2.04. The van der Waals surface area contributed by atoms with Crippen LogP contribution < -0.4 is 4.74 Å². The first kappa shape index (κ1) is 7.55. The molecule has 1 aromatic heterocycles. The quantitative estimate of drug-likeness (QED) is 0.584. The van der Waals surface area contributed by atoms with Crippen molar-refractivity contribution in [1.29, 1.82) is 0 Å².